The predicted molar refractivity (Wildman–Crippen MR) is 73.5 cm³/mol. The van der Waals surface area contributed by atoms with E-state index in [0.29, 0.717) is 24.5 Å². The maximum atomic E-state index is 12.0. The largest absolute Gasteiger partial charge is 0.508 e. The molecule has 0 fully saturated rings. The summed E-state index contributed by atoms with van der Waals surface area (Å²) in [5, 5.41) is 10.4. The Hall–Kier alpha value is -1.42. The summed E-state index contributed by atoms with van der Waals surface area (Å²) in [7, 11) is 0. The zero-order chi connectivity index (χ0) is 14.2. The van der Waals surface area contributed by atoms with Gasteiger partial charge in [0, 0.05) is 17.1 Å². The van der Waals surface area contributed by atoms with E-state index in [1.54, 1.807) is 4.90 Å². The van der Waals surface area contributed by atoms with Crippen molar-refractivity contribution in [2.45, 2.75) is 39.3 Å². The van der Waals surface area contributed by atoms with Gasteiger partial charge in [0.25, 0.3) is 0 Å². The zero-order valence-electron chi connectivity index (χ0n) is 11.4. The molecule has 0 saturated carbocycles. The van der Waals surface area contributed by atoms with Crippen LogP contribution in [0, 0.1) is 0 Å². The standard InChI is InChI=1S/C14H18ClNO3/c1-14(2,3)19-13(18)16-5-4-9-6-10(15)7-12(17)11(9)8-16/h6-7,17H,4-5,8H2,1-3H3. The molecule has 0 spiro atoms. The summed E-state index contributed by atoms with van der Waals surface area (Å²) >= 11 is 5.90. The second-order valence-corrected chi connectivity index (χ2v) is 6.15. The molecule has 0 unspecified atom stereocenters. The van der Waals surface area contributed by atoms with Gasteiger partial charge in [0.15, 0.2) is 0 Å². The van der Waals surface area contributed by atoms with E-state index in [2.05, 4.69) is 0 Å². The van der Waals surface area contributed by atoms with Gasteiger partial charge < -0.3 is 14.7 Å². The van der Waals surface area contributed by atoms with Crippen molar-refractivity contribution >= 4 is 17.7 Å². The van der Waals surface area contributed by atoms with Crippen LogP contribution >= 0.6 is 11.6 Å². The Morgan fingerprint density at radius 2 is 2.11 bits per heavy atom. The van der Waals surface area contributed by atoms with Crippen LogP contribution in [0.15, 0.2) is 12.1 Å². The molecular weight excluding hydrogens is 266 g/mol. The summed E-state index contributed by atoms with van der Waals surface area (Å²) in [6.45, 7) is 6.43. The molecule has 0 atom stereocenters. The number of carbonyl (C=O) groups excluding carboxylic acids is 1. The van der Waals surface area contributed by atoms with E-state index in [9.17, 15) is 9.90 Å². The number of ether oxygens (including phenoxy) is 1. The van der Waals surface area contributed by atoms with Crippen molar-refractivity contribution in [1.82, 2.24) is 4.90 Å². The number of phenols is 1. The Bertz CT molecular complexity index is 508. The molecule has 0 saturated heterocycles. The van der Waals surface area contributed by atoms with E-state index < -0.39 is 5.60 Å². The van der Waals surface area contributed by atoms with Gasteiger partial charge in [-0.3, -0.25) is 0 Å². The fourth-order valence-corrected chi connectivity index (χ4v) is 2.33. The number of rotatable bonds is 0. The first-order valence-electron chi connectivity index (χ1n) is 6.24. The van der Waals surface area contributed by atoms with Gasteiger partial charge in [-0.15, -0.1) is 0 Å². The molecule has 19 heavy (non-hydrogen) atoms. The maximum Gasteiger partial charge on any atom is 0.410 e. The van der Waals surface area contributed by atoms with Crippen LogP contribution < -0.4 is 0 Å². The summed E-state index contributed by atoms with van der Waals surface area (Å²) in [4.78, 5) is 13.6. The molecule has 0 bridgehead atoms. The lowest BCUT2D eigenvalue weighted by molar-refractivity contribution is 0.0223. The van der Waals surface area contributed by atoms with Crippen molar-refractivity contribution in [1.29, 1.82) is 0 Å². The highest BCUT2D eigenvalue weighted by Crippen LogP contribution is 2.31. The first kappa shape index (κ1) is 14.0. The van der Waals surface area contributed by atoms with E-state index in [0.717, 1.165) is 11.1 Å². The van der Waals surface area contributed by atoms with Crippen LogP contribution in [-0.2, 0) is 17.7 Å². The number of benzene rings is 1. The molecule has 2 rings (SSSR count). The molecular formula is C14H18ClNO3. The molecule has 1 N–H and O–H groups in total. The SMILES string of the molecule is CC(C)(C)OC(=O)N1CCc2cc(Cl)cc(O)c2C1. The van der Waals surface area contributed by atoms with Crippen LogP contribution in [0.25, 0.3) is 0 Å². The van der Waals surface area contributed by atoms with Gasteiger partial charge >= 0.3 is 6.09 Å². The monoisotopic (exact) mass is 283 g/mol. The van der Waals surface area contributed by atoms with Crippen LogP contribution in [0.2, 0.25) is 5.02 Å². The fraction of sp³-hybridized carbons (Fsp3) is 0.500. The lowest BCUT2D eigenvalue weighted by Gasteiger charge is -2.31. The van der Waals surface area contributed by atoms with Gasteiger partial charge in [0.05, 0.1) is 6.54 Å². The van der Waals surface area contributed by atoms with Gasteiger partial charge in [-0.2, -0.15) is 0 Å². The van der Waals surface area contributed by atoms with Crippen LogP contribution in [0.3, 0.4) is 0 Å². The summed E-state index contributed by atoms with van der Waals surface area (Å²) in [5.41, 5.74) is 1.23. The van der Waals surface area contributed by atoms with Gasteiger partial charge in [-0.1, -0.05) is 11.6 Å². The number of amides is 1. The number of nitrogens with zero attached hydrogens (tertiary/aromatic N) is 1. The highest BCUT2D eigenvalue weighted by Gasteiger charge is 2.27. The summed E-state index contributed by atoms with van der Waals surface area (Å²) < 4.78 is 5.34. The third-order valence-corrected chi connectivity index (χ3v) is 3.15. The molecule has 1 aliphatic heterocycles. The summed E-state index contributed by atoms with van der Waals surface area (Å²) in [6, 6.07) is 3.34. The Morgan fingerprint density at radius 1 is 1.42 bits per heavy atom. The Kier molecular flexibility index (Phi) is 3.63. The van der Waals surface area contributed by atoms with Crippen LogP contribution in [0.1, 0.15) is 31.9 Å². The molecule has 0 radical (unpaired) electrons. The highest BCUT2D eigenvalue weighted by atomic mass is 35.5. The van der Waals surface area contributed by atoms with Crippen LogP contribution in [0.4, 0.5) is 4.79 Å². The van der Waals surface area contributed by atoms with Crippen molar-refractivity contribution in [3.05, 3.63) is 28.3 Å². The smallest absolute Gasteiger partial charge is 0.410 e. The molecule has 4 nitrogen and oxygen atoms in total. The van der Waals surface area contributed by atoms with E-state index in [4.69, 9.17) is 16.3 Å². The van der Waals surface area contributed by atoms with Crippen LogP contribution in [0.5, 0.6) is 5.75 Å². The first-order chi connectivity index (χ1) is 8.76. The molecule has 104 valence electrons. The third kappa shape index (κ3) is 3.32. The Morgan fingerprint density at radius 3 is 2.74 bits per heavy atom. The number of carbonyl (C=O) groups is 1. The molecule has 1 aliphatic rings. The van der Waals surface area contributed by atoms with Gasteiger partial charge in [0.1, 0.15) is 11.4 Å². The van der Waals surface area contributed by atoms with Gasteiger partial charge in [-0.25, -0.2) is 4.79 Å². The van der Waals surface area contributed by atoms with Gasteiger partial charge in [-0.05, 0) is 44.9 Å². The lowest BCUT2D eigenvalue weighted by Crippen LogP contribution is -2.39. The minimum Gasteiger partial charge on any atom is -0.508 e. The minimum atomic E-state index is -0.514. The second kappa shape index (κ2) is 4.93. The van der Waals surface area contributed by atoms with E-state index >= 15 is 0 Å². The lowest BCUT2D eigenvalue weighted by atomic mass is 9.99. The Balaban J connectivity index is 2.16. The van der Waals surface area contributed by atoms with Crippen molar-refractivity contribution < 1.29 is 14.6 Å². The molecule has 1 aromatic carbocycles. The van der Waals surface area contributed by atoms with Crippen molar-refractivity contribution in [2.24, 2.45) is 0 Å². The molecule has 5 heteroatoms. The molecule has 1 aromatic rings. The average Bonchev–Trinajstić information content (AvgIpc) is 2.25. The summed E-state index contributed by atoms with van der Waals surface area (Å²) in [6.07, 6.45) is 0.315. The van der Waals surface area contributed by atoms with Crippen molar-refractivity contribution in [3.8, 4) is 5.75 Å². The fourth-order valence-electron chi connectivity index (χ4n) is 2.09. The first-order valence-corrected chi connectivity index (χ1v) is 6.62. The number of halogens is 1. The molecule has 1 heterocycles. The average molecular weight is 284 g/mol. The second-order valence-electron chi connectivity index (χ2n) is 5.71. The normalized spacial score (nSPS) is 15.1. The molecule has 0 aromatic heterocycles. The number of fused-ring (bicyclic) bond motifs is 1. The maximum absolute atomic E-state index is 12.0. The zero-order valence-corrected chi connectivity index (χ0v) is 12.1. The predicted octanol–water partition coefficient (Wildman–Crippen LogP) is 3.34. The quantitative estimate of drug-likeness (QED) is 0.794. The summed E-state index contributed by atoms with van der Waals surface area (Å²) in [5.74, 6) is 0.135. The molecule has 1 amide bonds. The molecule has 0 aliphatic carbocycles. The highest BCUT2D eigenvalue weighted by molar-refractivity contribution is 6.30. The van der Waals surface area contributed by atoms with E-state index in [1.807, 2.05) is 26.8 Å². The number of hydrogen-bond donors (Lipinski definition) is 1. The van der Waals surface area contributed by atoms with E-state index in [1.165, 1.54) is 6.07 Å². The minimum absolute atomic E-state index is 0.135. The van der Waals surface area contributed by atoms with Crippen LogP contribution in [-0.4, -0.2) is 28.2 Å². The van der Waals surface area contributed by atoms with Gasteiger partial charge in [0.2, 0.25) is 0 Å². The number of hydrogen-bond acceptors (Lipinski definition) is 3. The Labute approximate surface area is 117 Å². The number of phenolic OH excluding ortho intramolecular Hbond substituents is 1. The number of aromatic hydroxyl groups is 1. The third-order valence-electron chi connectivity index (χ3n) is 2.94. The topological polar surface area (TPSA) is 49.8 Å². The van der Waals surface area contributed by atoms with E-state index in [-0.39, 0.29) is 11.8 Å². The van der Waals surface area contributed by atoms with Crippen molar-refractivity contribution in [3.63, 3.8) is 0 Å². The van der Waals surface area contributed by atoms with Crippen molar-refractivity contribution in [2.75, 3.05) is 6.54 Å².